The number of pyridine rings is 1. The van der Waals surface area contributed by atoms with Crippen molar-refractivity contribution in [3.8, 4) is 5.75 Å². The molecule has 0 fully saturated rings. The molecule has 1 unspecified atom stereocenters. The number of aryl methyl sites for hydroxylation is 1. The van der Waals surface area contributed by atoms with Gasteiger partial charge in [0.1, 0.15) is 5.75 Å². The first kappa shape index (κ1) is 15.4. The highest BCUT2D eigenvalue weighted by atomic mass is 16.5. The van der Waals surface area contributed by atoms with E-state index in [0.29, 0.717) is 0 Å². The number of methoxy groups -OCH3 is 1. The van der Waals surface area contributed by atoms with Crippen LogP contribution < -0.4 is 10.1 Å². The fourth-order valence-corrected chi connectivity index (χ4v) is 2.45. The molecule has 2 aromatic heterocycles. The Hall–Kier alpha value is -1.95. The summed E-state index contributed by atoms with van der Waals surface area (Å²) >= 11 is 0. The molecule has 0 saturated carbocycles. The van der Waals surface area contributed by atoms with E-state index < -0.39 is 0 Å². The van der Waals surface area contributed by atoms with E-state index in [1.807, 2.05) is 20.0 Å². The van der Waals surface area contributed by atoms with Gasteiger partial charge in [-0.2, -0.15) is 15.4 Å². The lowest BCUT2D eigenvalue weighted by Gasteiger charge is -2.18. The molecule has 0 saturated heterocycles. The quantitative estimate of drug-likeness (QED) is 0.816. The smallest absolute Gasteiger partial charge is 0.128 e. The van der Waals surface area contributed by atoms with Crippen molar-refractivity contribution in [2.45, 2.75) is 39.7 Å². The van der Waals surface area contributed by atoms with Crippen molar-refractivity contribution < 1.29 is 4.74 Å². The number of ether oxygens (including phenoxy) is 1. The van der Waals surface area contributed by atoms with Crippen LogP contribution in [0, 0.1) is 13.8 Å². The van der Waals surface area contributed by atoms with Crippen LogP contribution in [0.5, 0.6) is 5.75 Å². The SMILES string of the molecule is CCCNC(Cc1ncc(C)c(OC)c1C)c1cn[nH]n1. The van der Waals surface area contributed by atoms with Gasteiger partial charge in [-0.3, -0.25) is 4.98 Å². The maximum Gasteiger partial charge on any atom is 0.128 e. The number of hydrogen-bond donors (Lipinski definition) is 2. The molecule has 0 aromatic carbocycles. The zero-order valence-electron chi connectivity index (χ0n) is 13.1. The molecule has 2 N–H and O–H groups in total. The standard InChI is InChI=1S/C15H23N5O/c1-5-6-16-13(14-9-18-20-19-14)7-12-11(3)15(21-4)10(2)8-17-12/h8-9,13,16H,5-7H2,1-4H3,(H,18,19,20). The number of H-pyrrole nitrogens is 1. The van der Waals surface area contributed by atoms with Crippen LogP contribution in [-0.4, -0.2) is 34.0 Å². The van der Waals surface area contributed by atoms with Gasteiger partial charge in [-0.1, -0.05) is 6.92 Å². The molecule has 2 rings (SSSR count). The van der Waals surface area contributed by atoms with Crippen molar-refractivity contribution in [3.63, 3.8) is 0 Å². The Labute approximate surface area is 125 Å². The summed E-state index contributed by atoms with van der Waals surface area (Å²) in [6.07, 6.45) is 5.45. The summed E-state index contributed by atoms with van der Waals surface area (Å²) in [5.74, 6) is 0.911. The third-order valence-corrected chi connectivity index (χ3v) is 3.58. The Kier molecular flexibility index (Phi) is 5.27. The summed E-state index contributed by atoms with van der Waals surface area (Å²) in [7, 11) is 1.70. The summed E-state index contributed by atoms with van der Waals surface area (Å²) in [4.78, 5) is 4.57. The molecule has 0 aliphatic carbocycles. The summed E-state index contributed by atoms with van der Waals surface area (Å²) in [6.45, 7) is 7.13. The van der Waals surface area contributed by atoms with E-state index in [1.165, 1.54) is 0 Å². The molecule has 114 valence electrons. The zero-order chi connectivity index (χ0) is 15.2. The van der Waals surface area contributed by atoms with Gasteiger partial charge in [0.15, 0.2) is 0 Å². The lowest BCUT2D eigenvalue weighted by Crippen LogP contribution is -2.25. The molecule has 0 aliphatic rings. The van der Waals surface area contributed by atoms with Crippen molar-refractivity contribution in [2.75, 3.05) is 13.7 Å². The van der Waals surface area contributed by atoms with Gasteiger partial charge >= 0.3 is 0 Å². The second-order valence-corrected chi connectivity index (χ2v) is 5.15. The molecule has 0 spiro atoms. The molecular formula is C15H23N5O. The molecule has 6 nitrogen and oxygen atoms in total. The van der Waals surface area contributed by atoms with E-state index in [4.69, 9.17) is 4.74 Å². The van der Waals surface area contributed by atoms with Crippen LogP contribution in [0.2, 0.25) is 0 Å². The van der Waals surface area contributed by atoms with Crippen LogP contribution >= 0.6 is 0 Å². The van der Waals surface area contributed by atoms with Crippen LogP contribution in [-0.2, 0) is 6.42 Å². The van der Waals surface area contributed by atoms with Gasteiger partial charge in [-0.15, -0.1) is 0 Å². The van der Waals surface area contributed by atoms with Crippen LogP contribution in [0.25, 0.3) is 0 Å². The number of nitrogens with one attached hydrogen (secondary N) is 2. The number of aromatic amines is 1. The summed E-state index contributed by atoms with van der Waals surface area (Å²) < 4.78 is 5.48. The molecule has 21 heavy (non-hydrogen) atoms. The number of hydrogen-bond acceptors (Lipinski definition) is 5. The van der Waals surface area contributed by atoms with Crippen LogP contribution in [0.3, 0.4) is 0 Å². The normalized spacial score (nSPS) is 12.4. The number of aromatic nitrogens is 4. The summed E-state index contributed by atoms with van der Waals surface area (Å²) in [6, 6.07) is 0.0994. The molecule has 0 amide bonds. The summed E-state index contributed by atoms with van der Waals surface area (Å²) in [5.41, 5.74) is 4.07. The first-order valence-electron chi connectivity index (χ1n) is 7.25. The summed E-state index contributed by atoms with van der Waals surface area (Å²) in [5, 5.41) is 14.3. The van der Waals surface area contributed by atoms with E-state index in [-0.39, 0.29) is 6.04 Å². The first-order valence-corrected chi connectivity index (χ1v) is 7.25. The zero-order valence-corrected chi connectivity index (χ0v) is 13.1. The predicted octanol–water partition coefficient (Wildman–Crippen LogP) is 2.11. The highest BCUT2D eigenvalue weighted by molar-refractivity contribution is 5.41. The third kappa shape index (κ3) is 3.58. The van der Waals surface area contributed by atoms with Gasteiger partial charge in [0.05, 0.1) is 25.0 Å². The second kappa shape index (κ2) is 7.17. The van der Waals surface area contributed by atoms with E-state index >= 15 is 0 Å². The fraction of sp³-hybridized carbons (Fsp3) is 0.533. The van der Waals surface area contributed by atoms with Gasteiger partial charge in [0.2, 0.25) is 0 Å². The minimum absolute atomic E-state index is 0.0994. The molecule has 0 bridgehead atoms. The van der Waals surface area contributed by atoms with Crippen molar-refractivity contribution >= 4 is 0 Å². The lowest BCUT2D eigenvalue weighted by atomic mass is 10.0. The molecule has 1 atom stereocenters. The van der Waals surface area contributed by atoms with Gasteiger partial charge < -0.3 is 10.1 Å². The van der Waals surface area contributed by atoms with Gasteiger partial charge in [0, 0.05) is 29.4 Å². The fourth-order valence-electron chi connectivity index (χ4n) is 2.45. The molecule has 2 heterocycles. The topological polar surface area (TPSA) is 75.7 Å². The van der Waals surface area contributed by atoms with E-state index in [9.17, 15) is 0 Å². The van der Waals surface area contributed by atoms with Crippen molar-refractivity contribution in [2.24, 2.45) is 0 Å². The Morgan fingerprint density at radius 3 is 2.76 bits per heavy atom. The monoisotopic (exact) mass is 289 g/mol. The maximum absolute atomic E-state index is 5.48. The molecule has 0 aliphatic heterocycles. The van der Waals surface area contributed by atoms with Crippen LogP contribution in [0.15, 0.2) is 12.4 Å². The largest absolute Gasteiger partial charge is 0.496 e. The number of rotatable bonds is 7. The minimum atomic E-state index is 0.0994. The van der Waals surface area contributed by atoms with Crippen LogP contribution in [0.4, 0.5) is 0 Å². The van der Waals surface area contributed by atoms with E-state index in [1.54, 1.807) is 13.3 Å². The first-order chi connectivity index (χ1) is 10.2. The highest BCUT2D eigenvalue weighted by Gasteiger charge is 2.18. The molecule has 2 aromatic rings. The molecule has 6 heteroatoms. The Bertz CT molecular complexity index is 568. The van der Waals surface area contributed by atoms with Crippen molar-refractivity contribution in [1.82, 2.24) is 25.7 Å². The van der Waals surface area contributed by atoms with Gasteiger partial charge in [-0.05, 0) is 26.8 Å². The lowest BCUT2D eigenvalue weighted by molar-refractivity contribution is 0.406. The highest BCUT2D eigenvalue weighted by Crippen LogP contribution is 2.26. The van der Waals surface area contributed by atoms with E-state index in [2.05, 4.69) is 32.6 Å². The van der Waals surface area contributed by atoms with Crippen molar-refractivity contribution in [3.05, 3.63) is 34.9 Å². The molecular weight excluding hydrogens is 266 g/mol. The average molecular weight is 289 g/mol. The average Bonchev–Trinajstić information content (AvgIpc) is 3.00. The molecule has 0 radical (unpaired) electrons. The van der Waals surface area contributed by atoms with Gasteiger partial charge in [-0.25, -0.2) is 0 Å². The Morgan fingerprint density at radius 1 is 1.33 bits per heavy atom. The van der Waals surface area contributed by atoms with Gasteiger partial charge in [0.25, 0.3) is 0 Å². The minimum Gasteiger partial charge on any atom is -0.496 e. The second-order valence-electron chi connectivity index (χ2n) is 5.15. The Morgan fingerprint density at radius 2 is 2.14 bits per heavy atom. The Balaban J connectivity index is 2.24. The third-order valence-electron chi connectivity index (χ3n) is 3.58. The van der Waals surface area contributed by atoms with Crippen molar-refractivity contribution in [1.29, 1.82) is 0 Å². The predicted molar refractivity (Wildman–Crippen MR) is 81.4 cm³/mol. The number of nitrogens with zero attached hydrogens (tertiary/aromatic N) is 3. The van der Waals surface area contributed by atoms with Crippen LogP contribution in [0.1, 0.15) is 41.9 Å². The maximum atomic E-state index is 5.48. The van der Waals surface area contributed by atoms with E-state index in [0.717, 1.165) is 47.7 Å².